The second-order valence-electron chi connectivity index (χ2n) is 4.11. The van der Waals surface area contributed by atoms with Gasteiger partial charge in [-0.1, -0.05) is 23.9 Å². The first-order valence-corrected chi connectivity index (χ1v) is 6.79. The number of rotatable bonds is 4. The van der Waals surface area contributed by atoms with Crippen LogP contribution in [0.15, 0.2) is 47.6 Å². The molecule has 0 aliphatic carbocycles. The standard InChI is InChI=1S/C14H9F4NOS/c15-11-3-1-2-9(6-11)12(20)8-21-13-5-4-10(7-19-13)14(16,17)18/h1-7H,8H2. The number of pyridine rings is 1. The van der Waals surface area contributed by atoms with Crippen molar-refractivity contribution in [3.8, 4) is 0 Å². The highest BCUT2D eigenvalue weighted by Crippen LogP contribution is 2.29. The number of hydrogen-bond donors (Lipinski definition) is 0. The molecule has 0 amide bonds. The van der Waals surface area contributed by atoms with Gasteiger partial charge in [0.2, 0.25) is 0 Å². The van der Waals surface area contributed by atoms with Crippen LogP contribution >= 0.6 is 11.8 Å². The first kappa shape index (κ1) is 15.5. The summed E-state index contributed by atoms with van der Waals surface area (Å²) in [7, 11) is 0. The number of alkyl halides is 3. The summed E-state index contributed by atoms with van der Waals surface area (Å²) in [5, 5.41) is 0.299. The quantitative estimate of drug-likeness (QED) is 0.481. The normalized spacial score (nSPS) is 11.4. The molecule has 0 saturated heterocycles. The molecule has 0 N–H and O–H groups in total. The summed E-state index contributed by atoms with van der Waals surface area (Å²) in [6, 6.07) is 7.34. The van der Waals surface area contributed by atoms with Crippen molar-refractivity contribution in [1.29, 1.82) is 0 Å². The molecular weight excluding hydrogens is 306 g/mol. The maximum absolute atomic E-state index is 13.0. The fourth-order valence-electron chi connectivity index (χ4n) is 1.52. The Kier molecular flexibility index (Phi) is 4.62. The van der Waals surface area contributed by atoms with Gasteiger partial charge in [-0.15, -0.1) is 0 Å². The van der Waals surface area contributed by atoms with Crippen LogP contribution in [0.25, 0.3) is 0 Å². The van der Waals surface area contributed by atoms with Crippen molar-refractivity contribution in [2.75, 3.05) is 5.75 Å². The smallest absolute Gasteiger partial charge is 0.293 e. The molecule has 0 bridgehead atoms. The van der Waals surface area contributed by atoms with Gasteiger partial charge >= 0.3 is 6.18 Å². The van der Waals surface area contributed by atoms with E-state index in [1.165, 1.54) is 24.3 Å². The van der Waals surface area contributed by atoms with E-state index in [-0.39, 0.29) is 17.1 Å². The van der Waals surface area contributed by atoms with E-state index >= 15 is 0 Å². The van der Waals surface area contributed by atoms with Gasteiger partial charge in [0.15, 0.2) is 5.78 Å². The lowest BCUT2D eigenvalue weighted by molar-refractivity contribution is -0.137. The predicted molar refractivity (Wildman–Crippen MR) is 70.7 cm³/mol. The van der Waals surface area contributed by atoms with Crippen LogP contribution in [0.4, 0.5) is 17.6 Å². The molecule has 1 heterocycles. The highest BCUT2D eigenvalue weighted by Gasteiger charge is 2.30. The Morgan fingerprint density at radius 2 is 1.95 bits per heavy atom. The number of benzene rings is 1. The van der Waals surface area contributed by atoms with Gasteiger partial charge in [0, 0.05) is 11.8 Å². The number of carbonyl (C=O) groups is 1. The minimum atomic E-state index is -4.44. The van der Waals surface area contributed by atoms with Gasteiger partial charge in [0.05, 0.1) is 16.3 Å². The fourth-order valence-corrected chi connectivity index (χ4v) is 2.26. The Labute approximate surface area is 122 Å². The molecule has 2 rings (SSSR count). The Morgan fingerprint density at radius 1 is 1.19 bits per heavy atom. The van der Waals surface area contributed by atoms with Gasteiger partial charge in [-0.2, -0.15) is 13.2 Å². The monoisotopic (exact) mass is 315 g/mol. The molecule has 0 saturated carbocycles. The number of nitrogens with zero attached hydrogens (tertiary/aromatic N) is 1. The second-order valence-corrected chi connectivity index (χ2v) is 5.10. The van der Waals surface area contributed by atoms with Crippen LogP contribution in [-0.4, -0.2) is 16.5 Å². The largest absolute Gasteiger partial charge is 0.417 e. The zero-order valence-corrected chi connectivity index (χ0v) is 11.3. The lowest BCUT2D eigenvalue weighted by atomic mass is 10.1. The zero-order chi connectivity index (χ0) is 15.5. The first-order chi connectivity index (χ1) is 9.86. The predicted octanol–water partition coefficient (Wildman–Crippen LogP) is 4.21. The first-order valence-electron chi connectivity index (χ1n) is 5.81. The van der Waals surface area contributed by atoms with Crippen molar-refractivity contribution in [2.24, 2.45) is 0 Å². The number of halogens is 4. The van der Waals surface area contributed by atoms with Gasteiger partial charge in [-0.25, -0.2) is 9.37 Å². The average Bonchev–Trinajstić information content (AvgIpc) is 2.44. The lowest BCUT2D eigenvalue weighted by Gasteiger charge is -2.06. The molecule has 1 aromatic heterocycles. The Bertz CT molecular complexity index is 640. The summed E-state index contributed by atoms with van der Waals surface area (Å²) >= 11 is 0.998. The maximum atomic E-state index is 13.0. The van der Waals surface area contributed by atoms with Crippen molar-refractivity contribution < 1.29 is 22.4 Å². The van der Waals surface area contributed by atoms with Crippen molar-refractivity contribution in [3.63, 3.8) is 0 Å². The average molecular weight is 315 g/mol. The molecule has 110 valence electrons. The number of aromatic nitrogens is 1. The van der Waals surface area contributed by atoms with E-state index in [0.717, 1.165) is 30.1 Å². The molecule has 0 fully saturated rings. The molecular formula is C14H9F4NOS. The molecule has 0 aliphatic heterocycles. The maximum Gasteiger partial charge on any atom is 0.417 e. The number of ketones is 1. The van der Waals surface area contributed by atoms with Gasteiger partial charge in [0.1, 0.15) is 5.82 Å². The van der Waals surface area contributed by atoms with E-state index in [9.17, 15) is 22.4 Å². The second kappa shape index (κ2) is 6.26. The summed E-state index contributed by atoms with van der Waals surface area (Å²) in [4.78, 5) is 15.4. The van der Waals surface area contributed by atoms with Gasteiger partial charge < -0.3 is 0 Å². The third-order valence-corrected chi connectivity index (χ3v) is 3.51. The Hall–Kier alpha value is -1.89. The van der Waals surface area contributed by atoms with Crippen LogP contribution in [-0.2, 0) is 6.18 Å². The van der Waals surface area contributed by atoms with Crippen LogP contribution in [0.2, 0.25) is 0 Å². The molecule has 7 heteroatoms. The minimum absolute atomic E-state index is 0.0260. The third kappa shape index (κ3) is 4.29. The third-order valence-electron chi connectivity index (χ3n) is 2.56. The van der Waals surface area contributed by atoms with E-state index in [4.69, 9.17) is 0 Å². The SMILES string of the molecule is O=C(CSc1ccc(C(F)(F)F)cn1)c1cccc(F)c1. The van der Waals surface area contributed by atoms with E-state index in [0.29, 0.717) is 5.03 Å². The molecule has 0 radical (unpaired) electrons. The molecule has 0 spiro atoms. The lowest BCUT2D eigenvalue weighted by Crippen LogP contribution is -2.06. The van der Waals surface area contributed by atoms with Crippen LogP contribution in [0.5, 0.6) is 0 Å². The van der Waals surface area contributed by atoms with Crippen LogP contribution in [0.3, 0.4) is 0 Å². The van der Waals surface area contributed by atoms with Crippen LogP contribution < -0.4 is 0 Å². The molecule has 2 aromatic rings. The summed E-state index contributed by atoms with van der Waals surface area (Å²) in [5.74, 6) is -0.860. The van der Waals surface area contributed by atoms with Gasteiger partial charge in [-0.05, 0) is 24.3 Å². The van der Waals surface area contributed by atoms with Crippen LogP contribution in [0.1, 0.15) is 15.9 Å². The van der Waals surface area contributed by atoms with Crippen LogP contribution in [0, 0.1) is 5.82 Å². The van der Waals surface area contributed by atoms with E-state index in [1.54, 1.807) is 0 Å². The number of carbonyl (C=O) groups excluding carboxylic acids is 1. The highest BCUT2D eigenvalue weighted by molar-refractivity contribution is 7.99. The Morgan fingerprint density at radius 3 is 2.52 bits per heavy atom. The van der Waals surface area contributed by atoms with Crippen molar-refractivity contribution in [2.45, 2.75) is 11.2 Å². The van der Waals surface area contributed by atoms with E-state index in [1.807, 2.05) is 0 Å². The molecule has 0 aliphatic rings. The van der Waals surface area contributed by atoms with Crippen molar-refractivity contribution in [3.05, 3.63) is 59.5 Å². The molecule has 1 aromatic carbocycles. The summed E-state index contributed by atoms with van der Waals surface area (Å²) < 4.78 is 50.0. The number of hydrogen-bond acceptors (Lipinski definition) is 3. The topological polar surface area (TPSA) is 30.0 Å². The van der Waals surface area contributed by atoms with E-state index in [2.05, 4.69) is 4.98 Å². The number of Topliss-reactive ketones (excluding diaryl/α,β-unsaturated/α-hetero) is 1. The fraction of sp³-hybridized carbons (Fsp3) is 0.143. The summed E-state index contributed by atoms with van der Waals surface area (Å²) in [5.41, 5.74) is -0.627. The van der Waals surface area contributed by atoms with Crippen molar-refractivity contribution >= 4 is 17.5 Å². The molecule has 0 unspecified atom stereocenters. The van der Waals surface area contributed by atoms with Gasteiger partial charge in [-0.3, -0.25) is 4.79 Å². The highest BCUT2D eigenvalue weighted by atomic mass is 32.2. The van der Waals surface area contributed by atoms with Crippen molar-refractivity contribution in [1.82, 2.24) is 4.98 Å². The minimum Gasteiger partial charge on any atom is -0.293 e. The summed E-state index contributed by atoms with van der Waals surface area (Å²) in [6.45, 7) is 0. The number of thioether (sulfide) groups is 1. The Balaban J connectivity index is 1.98. The van der Waals surface area contributed by atoms with Gasteiger partial charge in [0.25, 0.3) is 0 Å². The summed E-state index contributed by atoms with van der Waals surface area (Å²) in [6.07, 6.45) is -3.72. The molecule has 2 nitrogen and oxygen atoms in total. The van der Waals surface area contributed by atoms with E-state index < -0.39 is 17.6 Å². The molecule has 21 heavy (non-hydrogen) atoms. The zero-order valence-electron chi connectivity index (χ0n) is 10.5. The molecule has 0 atom stereocenters.